The van der Waals surface area contributed by atoms with Gasteiger partial charge in [-0.15, -0.1) is 0 Å². The minimum absolute atomic E-state index is 0.110. The average molecular weight is 523 g/mol. The van der Waals surface area contributed by atoms with Gasteiger partial charge in [0.15, 0.2) is 5.82 Å². The lowest BCUT2D eigenvalue weighted by Crippen LogP contribution is -2.12. The fourth-order valence-electron chi connectivity index (χ4n) is 4.44. The van der Waals surface area contributed by atoms with Crippen LogP contribution >= 0.6 is 0 Å². The first-order valence-electron chi connectivity index (χ1n) is 12.2. The molecule has 194 valence electrons. The summed E-state index contributed by atoms with van der Waals surface area (Å²) in [6.45, 7) is 2.69. The summed E-state index contributed by atoms with van der Waals surface area (Å²) >= 11 is 0. The molecule has 0 amide bonds. The van der Waals surface area contributed by atoms with Gasteiger partial charge in [0.25, 0.3) is 12.0 Å². The van der Waals surface area contributed by atoms with Crippen LogP contribution in [0, 0.1) is 0 Å². The number of benzene rings is 3. The van der Waals surface area contributed by atoms with E-state index < -0.39 is 11.7 Å². The summed E-state index contributed by atoms with van der Waals surface area (Å²) in [7, 11) is 0. The van der Waals surface area contributed by atoms with Gasteiger partial charge < -0.3 is 13.9 Å². The van der Waals surface area contributed by atoms with E-state index in [1.807, 2.05) is 66.1 Å². The Balaban J connectivity index is 1.35. The summed E-state index contributed by atoms with van der Waals surface area (Å²) in [5.74, 6) is -0.698. The van der Waals surface area contributed by atoms with Gasteiger partial charge in [0, 0.05) is 11.6 Å². The highest BCUT2D eigenvalue weighted by molar-refractivity contribution is 6.03. The SMILES string of the molecule is CCOc1nc2cccc(C(=O)Oc3ccco3)c2n1Cc1ccc(-c2ccccc2-c2noc(=O)[nH]2)cc1. The number of hydrogen-bond donors (Lipinski definition) is 1. The number of furan rings is 1. The largest absolute Gasteiger partial charge is 0.465 e. The van der Waals surface area contributed by atoms with E-state index in [2.05, 4.69) is 19.6 Å². The van der Waals surface area contributed by atoms with Crippen molar-refractivity contribution in [1.29, 1.82) is 0 Å². The molecular weight excluding hydrogens is 500 g/mol. The summed E-state index contributed by atoms with van der Waals surface area (Å²) in [4.78, 5) is 31.8. The molecule has 6 rings (SSSR count). The van der Waals surface area contributed by atoms with Gasteiger partial charge in [-0.05, 0) is 41.8 Å². The zero-order valence-corrected chi connectivity index (χ0v) is 20.8. The maximum Gasteiger partial charge on any atom is 0.439 e. The lowest BCUT2D eigenvalue weighted by Gasteiger charge is -2.12. The van der Waals surface area contributed by atoms with E-state index in [9.17, 15) is 9.59 Å². The molecule has 0 bridgehead atoms. The predicted octanol–water partition coefficient (Wildman–Crippen LogP) is 5.31. The van der Waals surface area contributed by atoms with Gasteiger partial charge in [0.05, 0.1) is 36.0 Å². The summed E-state index contributed by atoms with van der Waals surface area (Å²) in [5.41, 5.74) is 5.08. The van der Waals surface area contributed by atoms with Gasteiger partial charge in [0.1, 0.15) is 0 Å². The van der Waals surface area contributed by atoms with Crippen molar-refractivity contribution in [2.45, 2.75) is 13.5 Å². The van der Waals surface area contributed by atoms with Crippen LogP contribution in [0.4, 0.5) is 0 Å². The van der Waals surface area contributed by atoms with Crippen molar-refractivity contribution in [3.63, 3.8) is 0 Å². The van der Waals surface area contributed by atoms with Crippen molar-refractivity contribution in [3.05, 3.63) is 107 Å². The first-order chi connectivity index (χ1) is 19.1. The van der Waals surface area contributed by atoms with Crippen molar-refractivity contribution >= 4 is 17.0 Å². The van der Waals surface area contributed by atoms with E-state index in [4.69, 9.17) is 13.9 Å². The number of ether oxygens (including phenoxy) is 2. The van der Waals surface area contributed by atoms with E-state index in [1.54, 1.807) is 24.3 Å². The Bertz CT molecular complexity index is 1810. The number of nitrogens with one attached hydrogen (secondary N) is 1. The van der Waals surface area contributed by atoms with Crippen molar-refractivity contribution in [2.75, 3.05) is 6.61 Å². The Hall–Kier alpha value is -5.38. The molecule has 0 spiro atoms. The van der Waals surface area contributed by atoms with Crippen molar-refractivity contribution in [1.82, 2.24) is 19.7 Å². The van der Waals surface area contributed by atoms with Crippen LogP contribution in [-0.2, 0) is 6.54 Å². The topological polar surface area (TPSA) is 125 Å². The number of H-pyrrole nitrogens is 1. The molecular formula is C29H22N4O6. The fraction of sp³-hybridized carbons (Fsp3) is 0.103. The smallest absolute Gasteiger partial charge is 0.439 e. The molecule has 0 aliphatic carbocycles. The molecule has 0 atom stereocenters. The number of fused-ring (bicyclic) bond motifs is 1. The van der Waals surface area contributed by atoms with Gasteiger partial charge in [-0.25, -0.2) is 9.59 Å². The Morgan fingerprint density at radius 3 is 2.51 bits per heavy atom. The number of carbonyl (C=O) groups excluding carboxylic acids is 1. The van der Waals surface area contributed by atoms with E-state index in [0.717, 1.165) is 22.3 Å². The molecule has 39 heavy (non-hydrogen) atoms. The van der Waals surface area contributed by atoms with Crippen LogP contribution in [0.5, 0.6) is 12.0 Å². The quantitative estimate of drug-likeness (QED) is 0.267. The molecule has 0 aliphatic rings. The third-order valence-electron chi connectivity index (χ3n) is 6.14. The number of hydrogen-bond acceptors (Lipinski definition) is 8. The minimum atomic E-state index is -0.611. The third-order valence-corrected chi connectivity index (χ3v) is 6.14. The number of imidazole rings is 1. The van der Waals surface area contributed by atoms with Crippen LogP contribution in [0.25, 0.3) is 33.5 Å². The highest BCUT2D eigenvalue weighted by Crippen LogP contribution is 2.31. The Kier molecular flexibility index (Phi) is 6.26. The molecule has 3 aromatic carbocycles. The Morgan fingerprint density at radius 2 is 1.79 bits per heavy atom. The van der Waals surface area contributed by atoms with Crippen molar-refractivity contribution in [2.24, 2.45) is 0 Å². The zero-order chi connectivity index (χ0) is 26.8. The number of rotatable bonds is 8. The lowest BCUT2D eigenvalue weighted by molar-refractivity contribution is 0.0695. The first-order valence-corrected chi connectivity index (χ1v) is 12.2. The second kappa shape index (κ2) is 10.2. The number of esters is 1. The van der Waals surface area contributed by atoms with Crippen LogP contribution in [-0.4, -0.2) is 32.3 Å². The van der Waals surface area contributed by atoms with Gasteiger partial charge in [-0.1, -0.05) is 59.8 Å². The molecule has 0 fully saturated rings. The highest BCUT2D eigenvalue weighted by Gasteiger charge is 2.21. The second-order valence-electron chi connectivity index (χ2n) is 8.59. The monoisotopic (exact) mass is 522 g/mol. The molecule has 1 N–H and O–H groups in total. The number of carbonyl (C=O) groups is 1. The van der Waals surface area contributed by atoms with E-state index in [1.165, 1.54) is 6.26 Å². The maximum absolute atomic E-state index is 13.1. The molecule has 10 heteroatoms. The Labute approximate surface area is 221 Å². The summed E-state index contributed by atoms with van der Waals surface area (Å²) in [6, 6.07) is 24.4. The molecule has 0 unspecified atom stereocenters. The standard InChI is InChI=1S/C29H22N4O6/c1-2-36-28-30-23-10-5-9-22(27(34)38-24-11-6-16-37-24)25(23)33(28)17-18-12-14-19(15-13-18)20-7-3-4-8-21(20)26-31-29(35)39-32-26/h3-16H,2,17H2,1H3,(H,31,32,35). The van der Waals surface area contributed by atoms with E-state index in [0.29, 0.717) is 41.6 Å². The van der Waals surface area contributed by atoms with Crippen LogP contribution in [0.1, 0.15) is 22.8 Å². The number of aromatic amines is 1. The summed E-state index contributed by atoms with van der Waals surface area (Å²) in [5, 5.41) is 3.83. The maximum atomic E-state index is 13.1. The summed E-state index contributed by atoms with van der Waals surface area (Å²) in [6.07, 6.45) is 1.44. The lowest BCUT2D eigenvalue weighted by atomic mass is 9.98. The normalized spacial score (nSPS) is 11.1. The van der Waals surface area contributed by atoms with Gasteiger partial charge >= 0.3 is 11.7 Å². The van der Waals surface area contributed by atoms with E-state index >= 15 is 0 Å². The third kappa shape index (κ3) is 4.71. The van der Waals surface area contributed by atoms with Crippen LogP contribution in [0.3, 0.4) is 0 Å². The highest BCUT2D eigenvalue weighted by atomic mass is 16.6. The minimum Gasteiger partial charge on any atom is -0.465 e. The average Bonchev–Trinajstić information content (AvgIpc) is 3.70. The molecule has 0 aliphatic heterocycles. The molecule has 10 nitrogen and oxygen atoms in total. The van der Waals surface area contributed by atoms with Crippen LogP contribution in [0.15, 0.2) is 98.9 Å². The molecule has 3 aromatic heterocycles. The molecule has 0 saturated heterocycles. The predicted molar refractivity (Wildman–Crippen MR) is 142 cm³/mol. The van der Waals surface area contributed by atoms with E-state index in [-0.39, 0.29) is 5.95 Å². The number of para-hydroxylation sites is 1. The molecule has 0 radical (unpaired) electrons. The van der Waals surface area contributed by atoms with Crippen LogP contribution in [0.2, 0.25) is 0 Å². The van der Waals surface area contributed by atoms with Crippen molar-refractivity contribution < 1.29 is 23.2 Å². The fourth-order valence-corrected chi connectivity index (χ4v) is 4.44. The van der Waals surface area contributed by atoms with Gasteiger partial charge in [-0.3, -0.25) is 14.1 Å². The van der Waals surface area contributed by atoms with Gasteiger partial charge in [0.2, 0.25) is 0 Å². The first kappa shape index (κ1) is 24.0. The van der Waals surface area contributed by atoms with Crippen LogP contribution < -0.4 is 15.2 Å². The molecule has 3 heterocycles. The molecule has 0 saturated carbocycles. The molecule has 6 aromatic rings. The summed E-state index contributed by atoms with van der Waals surface area (Å²) < 4.78 is 23.0. The van der Waals surface area contributed by atoms with Crippen molar-refractivity contribution in [3.8, 4) is 34.5 Å². The Morgan fingerprint density at radius 1 is 0.974 bits per heavy atom. The second-order valence-corrected chi connectivity index (χ2v) is 8.59. The van der Waals surface area contributed by atoms with Gasteiger partial charge in [-0.2, -0.15) is 4.98 Å². The number of aromatic nitrogens is 4. The number of nitrogens with zero attached hydrogens (tertiary/aromatic N) is 3. The zero-order valence-electron chi connectivity index (χ0n) is 20.8.